The first-order valence-electron chi connectivity index (χ1n) is 7.44. The molecule has 0 radical (unpaired) electrons. The van der Waals surface area contributed by atoms with Gasteiger partial charge in [0, 0.05) is 18.9 Å². The molecule has 0 bridgehead atoms. The first-order valence-corrected chi connectivity index (χ1v) is 7.44. The maximum atomic E-state index is 12.6. The van der Waals surface area contributed by atoms with Gasteiger partial charge in [0.2, 0.25) is 0 Å². The Morgan fingerprint density at radius 1 is 1.26 bits per heavy atom. The lowest BCUT2D eigenvalue weighted by atomic mass is 9.88. The van der Waals surface area contributed by atoms with Gasteiger partial charge in [0.1, 0.15) is 5.78 Å². The Kier molecular flexibility index (Phi) is 4.97. The van der Waals surface area contributed by atoms with Crippen molar-refractivity contribution in [2.24, 2.45) is 0 Å². The zero-order chi connectivity index (χ0) is 17.2. The van der Waals surface area contributed by atoms with E-state index < -0.39 is 29.9 Å². The third-order valence-corrected chi connectivity index (χ3v) is 4.08. The number of carbonyl (C=O) groups excluding carboxylic acids is 1. The third-order valence-electron chi connectivity index (χ3n) is 4.08. The number of hydrogen-bond donors (Lipinski definition) is 1. The number of hydrogen-bond acceptors (Lipinski definition) is 2. The van der Waals surface area contributed by atoms with Gasteiger partial charge < -0.3 is 5.11 Å². The predicted octanol–water partition coefficient (Wildman–Crippen LogP) is 4.26. The lowest BCUT2D eigenvalue weighted by molar-refractivity contribution is -0.137. The Balaban J connectivity index is 2.33. The summed E-state index contributed by atoms with van der Waals surface area (Å²) in [5, 5.41) is 9.47. The van der Waals surface area contributed by atoms with Crippen molar-refractivity contribution in [2.75, 3.05) is 0 Å². The Bertz CT molecular complexity index is 583. The maximum Gasteiger partial charge on any atom is 0.416 e. The van der Waals surface area contributed by atoms with E-state index in [4.69, 9.17) is 0 Å². The second-order valence-corrected chi connectivity index (χ2v) is 5.71. The molecule has 0 unspecified atom stereocenters. The number of amides is 1. The minimum absolute atomic E-state index is 0.00210. The highest BCUT2D eigenvalue weighted by Gasteiger charge is 2.38. The van der Waals surface area contributed by atoms with Gasteiger partial charge in [-0.3, -0.25) is 9.69 Å². The molecule has 1 aromatic rings. The zero-order valence-corrected chi connectivity index (χ0v) is 12.6. The van der Waals surface area contributed by atoms with Crippen LogP contribution in [0.3, 0.4) is 0 Å². The Morgan fingerprint density at radius 2 is 1.87 bits per heavy atom. The minimum atomic E-state index is -4.45. The van der Waals surface area contributed by atoms with Crippen LogP contribution >= 0.6 is 0 Å². The molecule has 0 saturated carbocycles. The number of benzene rings is 1. The Labute approximate surface area is 131 Å². The standard InChI is InChI=1S/C16H18F3NO3/c1-2-3-12-8-13(21)9-14(20(12)15(22)23)10-4-6-11(7-5-10)16(17,18)19/h4-7,12,14H,2-3,8-9H2,1H3,(H,22,23)/t12-,14-/m1/s1. The number of alkyl halides is 3. The highest BCUT2D eigenvalue weighted by Crippen LogP contribution is 2.36. The van der Waals surface area contributed by atoms with Crippen LogP contribution in [0.15, 0.2) is 24.3 Å². The van der Waals surface area contributed by atoms with E-state index in [1.165, 1.54) is 17.0 Å². The van der Waals surface area contributed by atoms with Gasteiger partial charge >= 0.3 is 12.3 Å². The first kappa shape index (κ1) is 17.3. The molecule has 1 fully saturated rings. The number of halogens is 3. The molecule has 0 aromatic heterocycles. The van der Waals surface area contributed by atoms with Crippen molar-refractivity contribution in [2.45, 2.75) is 50.9 Å². The van der Waals surface area contributed by atoms with Crippen LogP contribution in [0.25, 0.3) is 0 Å². The lowest BCUT2D eigenvalue weighted by Gasteiger charge is -2.40. The third kappa shape index (κ3) is 3.83. The van der Waals surface area contributed by atoms with Crippen molar-refractivity contribution < 1.29 is 27.9 Å². The second kappa shape index (κ2) is 6.60. The van der Waals surface area contributed by atoms with Crippen LogP contribution < -0.4 is 0 Å². The summed E-state index contributed by atoms with van der Waals surface area (Å²) in [5.74, 6) is -0.0640. The van der Waals surface area contributed by atoms with Crippen molar-refractivity contribution in [1.29, 1.82) is 0 Å². The predicted molar refractivity (Wildman–Crippen MR) is 77.0 cm³/mol. The number of piperidine rings is 1. The monoisotopic (exact) mass is 329 g/mol. The number of nitrogens with zero attached hydrogens (tertiary/aromatic N) is 1. The van der Waals surface area contributed by atoms with Crippen LogP contribution in [-0.2, 0) is 11.0 Å². The van der Waals surface area contributed by atoms with Crippen molar-refractivity contribution in [3.8, 4) is 0 Å². The molecule has 1 N–H and O–H groups in total. The van der Waals surface area contributed by atoms with Crippen molar-refractivity contribution in [3.63, 3.8) is 0 Å². The summed E-state index contributed by atoms with van der Waals surface area (Å²) in [7, 11) is 0. The molecule has 23 heavy (non-hydrogen) atoms. The highest BCUT2D eigenvalue weighted by molar-refractivity contribution is 5.83. The fraction of sp³-hybridized carbons (Fsp3) is 0.500. The molecule has 1 aliphatic rings. The fourth-order valence-electron chi connectivity index (χ4n) is 3.05. The summed E-state index contributed by atoms with van der Waals surface area (Å²) in [6, 6.07) is 3.20. The van der Waals surface area contributed by atoms with Gasteiger partial charge in [0.05, 0.1) is 11.6 Å². The molecule has 0 aliphatic carbocycles. The average molecular weight is 329 g/mol. The normalized spacial score (nSPS) is 22.3. The number of likely N-dealkylation sites (tertiary alicyclic amines) is 1. The summed E-state index contributed by atoms with van der Waals surface area (Å²) in [5.41, 5.74) is -0.384. The molecule has 4 nitrogen and oxygen atoms in total. The van der Waals surface area contributed by atoms with Crippen LogP contribution in [0, 0.1) is 0 Å². The number of ketones is 1. The van der Waals surface area contributed by atoms with Crippen LogP contribution in [0.1, 0.15) is 49.8 Å². The fourth-order valence-corrected chi connectivity index (χ4v) is 3.05. The van der Waals surface area contributed by atoms with Gasteiger partial charge in [-0.15, -0.1) is 0 Å². The summed E-state index contributed by atoms with van der Waals surface area (Å²) < 4.78 is 37.9. The molecule has 1 heterocycles. The lowest BCUT2D eigenvalue weighted by Crippen LogP contribution is -2.47. The molecule has 1 saturated heterocycles. The van der Waals surface area contributed by atoms with E-state index in [0.717, 1.165) is 18.6 Å². The van der Waals surface area contributed by atoms with E-state index in [9.17, 15) is 27.9 Å². The molecule has 7 heteroatoms. The van der Waals surface area contributed by atoms with Crippen molar-refractivity contribution in [1.82, 2.24) is 4.90 Å². The number of carboxylic acid groups (broad SMARTS) is 1. The van der Waals surface area contributed by atoms with Gasteiger partial charge in [-0.2, -0.15) is 13.2 Å². The van der Waals surface area contributed by atoms with Crippen LogP contribution in [0.2, 0.25) is 0 Å². The van der Waals surface area contributed by atoms with Crippen LogP contribution in [0.4, 0.5) is 18.0 Å². The van der Waals surface area contributed by atoms with Crippen molar-refractivity contribution in [3.05, 3.63) is 35.4 Å². The van der Waals surface area contributed by atoms with E-state index >= 15 is 0 Å². The molecular formula is C16H18F3NO3. The smallest absolute Gasteiger partial charge is 0.416 e. The van der Waals surface area contributed by atoms with Gasteiger partial charge in [-0.1, -0.05) is 25.5 Å². The van der Waals surface area contributed by atoms with Crippen molar-refractivity contribution >= 4 is 11.9 Å². The number of Topliss-reactive ketones (excluding diaryl/α,β-unsaturated/α-hetero) is 1. The minimum Gasteiger partial charge on any atom is -0.465 e. The molecule has 0 spiro atoms. The largest absolute Gasteiger partial charge is 0.465 e. The van der Waals surface area contributed by atoms with E-state index in [-0.39, 0.29) is 18.6 Å². The molecule has 1 amide bonds. The second-order valence-electron chi connectivity index (χ2n) is 5.71. The summed E-state index contributed by atoms with van der Waals surface area (Å²) in [6.07, 6.45) is -4.16. The molecule has 126 valence electrons. The van der Waals surface area contributed by atoms with Crippen LogP contribution in [-0.4, -0.2) is 27.9 Å². The van der Waals surface area contributed by atoms with Gasteiger partial charge in [-0.05, 0) is 24.1 Å². The summed E-state index contributed by atoms with van der Waals surface area (Å²) in [6.45, 7) is 1.90. The average Bonchev–Trinajstić information content (AvgIpc) is 2.45. The quantitative estimate of drug-likeness (QED) is 0.901. The summed E-state index contributed by atoms with van der Waals surface area (Å²) >= 11 is 0. The maximum absolute atomic E-state index is 12.6. The SMILES string of the molecule is CCC[C@@H]1CC(=O)C[C@H](c2ccc(C(F)(F)F)cc2)N1C(=O)O. The van der Waals surface area contributed by atoms with Gasteiger partial charge in [0.15, 0.2) is 0 Å². The summed E-state index contributed by atoms with van der Waals surface area (Å²) in [4.78, 5) is 24.7. The number of carbonyl (C=O) groups is 2. The van der Waals surface area contributed by atoms with Crippen LogP contribution in [0.5, 0.6) is 0 Å². The molecule has 2 atom stereocenters. The Hall–Kier alpha value is -2.05. The van der Waals surface area contributed by atoms with E-state index in [2.05, 4.69) is 0 Å². The zero-order valence-electron chi connectivity index (χ0n) is 12.6. The molecule has 2 rings (SSSR count). The van der Waals surface area contributed by atoms with Gasteiger partial charge in [0.25, 0.3) is 0 Å². The molecular weight excluding hydrogens is 311 g/mol. The highest BCUT2D eigenvalue weighted by atomic mass is 19.4. The number of rotatable bonds is 3. The molecule has 1 aromatic carbocycles. The first-order chi connectivity index (χ1) is 10.7. The van der Waals surface area contributed by atoms with E-state index in [1.54, 1.807) is 0 Å². The molecule has 1 aliphatic heterocycles. The van der Waals surface area contributed by atoms with Gasteiger partial charge in [-0.25, -0.2) is 4.79 Å². The van der Waals surface area contributed by atoms with E-state index in [0.29, 0.717) is 12.0 Å². The Morgan fingerprint density at radius 3 is 2.35 bits per heavy atom. The topological polar surface area (TPSA) is 57.6 Å². The van der Waals surface area contributed by atoms with E-state index in [1.807, 2.05) is 6.92 Å².